The average Bonchev–Trinajstić information content (AvgIpc) is 2.67. The maximum absolute atomic E-state index is 12.4. The van der Waals surface area contributed by atoms with Gasteiger partial charge in [0.1, 0.15) is 18.2 Å². The van der Waals surface area contributed by atoms with Gasteiger partial charge in [0.2, 0.25) is 0 Å². The Labute approximate surface area is 157 Å². The van der Waals surface area contributed by atoms with Gasteiger partial charge in [-0.15, -0.1) is 0 Å². The van der Waals surface area contributed by atoms with Crippen molar-refractivity contribution in [2.75, 3.05) is 7.11 Å². The number of carbonyl (C=O) groups excluding carboxylic acids is 1. The standard InChI is InChI=1S/C21H19ClN2O2/c1-26-21(25)19-11-14-6-2-3-8-16(14)12-24(19)13-17-10-15-7-4-5-9-18(15)23-20(17)22/h2-10,19H,11-13H2,1H3/p+1/t19-/m1/s1. The Bertz CT molecular complexity index is 973. The quantitative estimate of drug-likeness (QED) is 0.571. The Balaban J connectivity index is 1.69. The zero-order valence-electron chi connectivity index (χ0n) is 14.5. The summed E-state index contributed by atoms with van der Waals surface area (Å²) in [5.74, 6) is -0.181. The van der Waals surface area contributed by atoms with Gasteiger partial charge in [-0.25, -0.2) is 9.78 Å². The molecule has 1 aromatic heterocycles. The second-order valence-corrected chi connectivity index (χ2v) is 7.05. The van der Waals surface area contributed by atoms with Crippen LogP contribution in [0.15, 0.2) is 54.6 Å². The van der Waals surface area contributed by atoms with Crippen molar-refractivity contribution in [3.63, 3.8) is 0 Å². The molecule has 0 aliphatic carbocycles. The lowest BCUT2D eigenvalue weighted by Gasteiger charge is -2.32. The van der Waals surface area contributed by atoms with Crippen molar-refractivity contribution in [1.29, 1.82) is 0 Å². The third-order valence-corrected chi connectivity index (χ3v) is 5.43. The highest BCUT2D eigenvalue weighted by Gasteiger charge is 2.36. The third kappa shape index (κ3) is 3.18. The van der Waals surface area contributed by atoms with E-state index in [-0.39, 0.29) is 12.0 Å². The van der Waals surface area contributed by atoms with Crippen molar-refractivity contribution in [2.45, 2.75) is 25.6 Å². The first-order valence-electron chi connectivity index (χ1n) is 8.69. The van der Waals surface area contributed by atoms with Crippen molar-refractivity contribution in [2.24, 2.45) is 0 Å². The normalized spacial score (nSPS) is 19.2. The van der Waals surface area contributed by atoms with Gasteiger partial charge >= 0.3 is 5.97 Å². The van der Waals surface area contributed by atoms with Gasteiger partial charge in [-0.3, -0.25) is 0 Å². The molecule has 0 bridgehead atoms. The van der Waals surface area contributed by atoms with Crippen LogP contribution < -0.4 is 4.90 Å². The molecule has 0 spiro atoms. The van der Waals surface area contributed by atoms with E-state index in [1.807, 2.05) is 36.4 Å². The number of fused-ring (bicyclic) bond motifs is 2. The first-order chi connectivity index (χ1) is 12.7. The molecule has 0 saturated heterocycles. The van der Waals surface area contributed by atoms with Gasteiger partial charge in [-0.1, -0.05) is 54.1 Å². The number of esters is 1. The molecule has 3 aromatic rings. The fraction of sp³-hybridized carbons (Fsp3) is 0.238. The van der Waals surface area contributed by atoms with Crippen molar-refractivity contribution >= 4 is 28.5 Å². The van der Waals surface area contributed by atoms with Crippen molar-refractivity contribution < 1.29 is 14.4 Å². The molecule has 4 nitrogen and oxygen atoms in total. The highest BCUT2D eigenvalue weighted by molar-refractivity contribution is 6.30. The number of nitrogens with zero attached hydrogens (tertiary/aromatic N) is 1. The highest BCUT2D eigenvalue weighted by Crippen LogP contribution is 2.21. The van der Waals surface area contributed by atoms with Gasteiger partial charge in [-0.05, 0) is 17.7 Å². The summed E-state index contributed by atoms with van der Waals surface area (Å²) in [6.07, 6.45) is 0.677. The summed E-state index contributed by atoms with van der Waals surface area (Å²) in [6.45, 7) is 1.39. The second-order valence-electron chi connectivity index (χ2n) is 6.69. The maximum atomic E-state index is 12.4. The third-order valence-electron chi connectivity index (χ3n) is 5.11. The lowest BCUT2D eigenvalue weighted by atomic mass is 9.93. The molecule has 2 aromatic carbocycles. The zero-order valence-corrected chi connectivity index (χ0v) is 15.3. The molecule has 132 valence electrons. The van der Waals surface area contributed by atoms with Gasteiger partial charge in [0, 0.05) is 22.9 Å². The van der Waals surface area contributed by atoms with E-state index in [1.165, 1.54) is 18.2 Å². The molecule has 2 heterocycles. The number of carbonyl (C=O) groups is 1. The van der Waals surface area contributed by atoms with E-state index in [4.69, 9.17) is 16.3 Å². The number of hydrogen-bond donors (Lipinski definition) is 1. The molecular weight excluding hydrogens is 348 g/mol. The second kappa shape index (κ2) is 7.06. The van der Waals surface area contributed by atoms with Gasteiger partial charge in [0.05, 0.1) is 12.6 Å². The Morgan fingerprint density at radius 2 is 1.92 bits per heavy atom. The minimum Gasteiger partial charge on any atom is -0.465 e. The summed E-state index contributed by atoms with van der Waals surface area (Å²) >= 11 is 6.44. The summed E-state index contributed by atoms with van der Waals surface area (Å²) < 4.78 is 5.06. The number of para-hydroxylation sites is 1. The number of methoxy groups -OCH3 is 1. The number of nitrogens with one attached hydrogen (secondary N) is 1. The van der Waals surface area contributed by atoms with Crippen LogP contribution in [0.4, 0.5) is 0 Å². The molecule has 5 heteroatoms. The summed E-state index contributed by atoms with van der Waals surface area (Å²) in [6, 6.07) is 18.0. The summed E-state index contributed by atoms with van der Waals surface area (Å²) in [4.78, 5) is 18.0. The summed E-state index contributed by atoms with van der Waals surface area (Å²) in [5, 5.41) is 1.55. The lowest BCUT2D eigenvalue weighted by Crippen LogP contribution is -3.15. The largest absolute Gasteiger partial charge is 0.465 e. The fourth-order valence-electron chi connectivity index (χ4n) is 3.74. The minimum atomic E-state index is -0.238. The zero-order chi connectivity index (χ0) is 18.1. The molecule has 0 fully saturated rings. The number of hydrogen-bond acceptors (Lipinski definition) is 3. The van der Waals surface area contributed by atoms with Crippen LogP contribution in [-0.2, 0) is 29.0 Å². The molecule has 1 aliphatic rings. The Morgan fingerprint density at radius 1 is 1.19 bits per heavy atom. The smallest absolute Gasteiger partial charge is 0.365 e. The van der Waals surface area contributed by atoms with Crippen LogP contribution >= 0.6 is 11.6 Å². The number of ether oxygens (including phenoxy) is 1. The van der Waals surface area contributed by atoms with E-state index in [2.05, 4.69) is 23.2 Å². The molecule has 1 unspecified atom stereocenters. The molecule has 1 N–H and O–H groups in total. The topological polar surface area (TPSA) is 43.6 Å². The van der Waals surface area contributed by atoms with E-state index in [0.29, 0.717) is 18.1 Å². The SMILES string of the molecule is COC(=O)[C@H]1Cc2ccccc2C[NH+]1Cc1cc2ccccc2nc1Cl. The minimum absolute atomic E-state index is 0.181. The molecular formula is C21H20ClN2O2+. The average molecular weight is 368 g/mol. The van der Waals surface area contributed by atoms with Crippen LogP contribution in [0.2, 0.25) is 5.15 Å². The Morgan fingerprint density at radius 3 is 2.73 bits per heavy atom. The van der Waals surface area contributed by atoms with Gasteiger partial charge in [0.15, 0.2) is 6.04 Å². The predicted octanol–water partition coefficient (Wildman–Crippen LogP) is 2.57. The summed E-state index contributed by atoms with van der Waals surface area (Å²) in [7, 11) is 1.45. The summed E-state index contributed by atoms with van der Waals surface area (Å²) in [5.41, 5.74) is 4.32. The van der Waals surface area contributed by atoms with Crippen LogP contribution in [0, 0.1) is 0 Å². The van der Waals surface area contributed by atoms with Crippen LogP contribution in [0.25, 0.3) is 10.9 Å². The first kappa shape index (κ1) is 17.0. The van der Waals surface area contributed by atoms with Crippen molar-refractivity contribution in [3.8, 4) is 0 Å². The van der Waals surface area contributed by atoms with E-state index >= 15 is 0 Å². The lowest BCUT2D eigenvalue weighted by molar-refractivity contribution is -0.945. The Hall–Kier alpha value is -2.43. The number of rotatable bonds is 3. The van der Waals surface area contributed by atoms with Gasteiger partial charge in [0.25, 0.3) is 0 Å². The van der Waals surface area contributed by atoms with Crippen molar-refractivity contribution in [1.82, 2.24) is 4.98 Å². The molecule has 1 aliphatic heterocycles. The number of halogens is 1. The van der Waals surface area contributed by atoms with Crippen LogP contribution in [-0.4, -0.2) is 24.1 Å². The Kier molecular flexibility index (Phi) is 4.62. The monoisotopic (exact) mass is 367 g/mol. The maximum Gasteiger partial charge on any atom is 0.365 e. The van der Waals surface area contributed by atoms with Crippen LogP contribution in [0.3, 0.4) is 0 Å². The van der Waals surface area contributed by atoms with E-state index in [1.54, 1.807) is 0 Å². The van der Waals surface area contributed by atoms with Crippen LogP contribution in [0.1, 0.15) is 16.7 Å². The van der Waals surface area contributed by atoms with E-state index in [0.717, 1.165) is 27.9 Å². The van der Waals surface area contributed by atoms with E-state index < -0.39 is 0 Å². The molecule has 0 amide bonds. The number of aromatic nitrogens is 1. The predicted molar refractivity (Wildman–Crippen MR) is 101 cm³/mol. The molecule has 0 radical (unpaired) electrons. The first-order valence-corrected chi connectivity index (χ1v) is 9.07. The van der Waals surface area contributed by atoms with Gasteiger partial charge in [-0.2, -0.15) is 0 Å². The van der Waals surface area contributed by atoms with Gasteiger partial charge < -0.3 is 9.64 Å². The fourth-order valence-corrected chi connectivity index (χ4v) is 3.96. The highest BCUT2D eigenvalue weighted by atomic mass is 35.5. The molecule has 2 atom stereocenters. The van der Waals surface area contributed by atoms with E-state index in [9.17, 15) is 4.79 Å². The molecule has 4 rings (SSSR count). The molecule has 26 heavy (non-hydrogen) atoms. The number of quaternary nitrogens is 1. The van der Waals surface area contributed by atoms with Crippen molar-refractivity contribution in [3.05, 3.63) is 76.4 Å². The molecule has 0 saturated carbocycles. The number of pyridine rings is 1. The van der Waals surface area contributed by atoms with Crippen LogP contribution in [0.5, 0.6) is 0 Å². The number of benzene rings is 2.